The van der Waals surface area contributed by atoms with E-state index in [0.717, 1.165) is 25.1 Å². The van der Waals surface area contributed by atoms with Crippen LogP contribution in [0.15, 0.2) is 48.7 Å². The Bertz CT molecular complexity index is 259. The van der Waals surface area contributed by atoms with Crippen LogP contribution in [0.25, 0.3) is 0 Å². The normalized spacial score (nSPS) is 10.8. The van der Waals surface area contributed by atoms with E-state index in [1.165, 1.54) is 5.70 Å². The van der Waals surface area contributed by atoms with Gasteiger partial charge in [-0.15, -0.1) is 6.58 Å². The van der Waals surface area contributed by atoms with Gasteiger partial charge in [0.05, 0.1) is 0 Å². The van der Waals surface area contributed by atoms with Crippen molar-refractivity contribution in [3.63, 3.8) is 0 Å². The van der Waals surface area contributed by atoms with E-state index >= 15 is 0 Å². The monoisotopic (exact) mass is 235 g/mol. The van der Waals surface area contributed by atoms with Gasteiger partial charge in [0, 0.05) is 18.8 Å². The number of allylic oxidation sites excluding steroid dienone is 4. The van der Waals surface area contributed by atoms with Crippen LogP contribution < -0.4 is 0 Å². The fourth-order valence-electron chi connectivity index (χ4n) is 1.33. The fourth-order valence-corrected chi connectivity index (χ4v) is 1.33. The number of hydrogen-bond donors (Lipinski definition) is 0. The molecule has 17 heavy (non-hydrogen) atoms. The zero-order chi connectivity index (χ0) is 13.7. The van der Waals surface area contributed by atoms with Gasteiger partial charge in [-0.2, -0.15) is 0 Å². The third-order valence-corrected chi connectivity index (χ3v) is 2.18. The van der Waals surface area contributed by atoms with E-state index in [0.29, 0.717) is 0 Å². The summed E-state index contributed by atoms with van der Waals surface area (Å²) >= 11 is 0. The molecule has 0 atom stereocenters. The summed E-state index contributed by atoms with van der Waals surface area (Å²) in [7, 11) is 0. The minimum absolute atomic E-state index is 1.02. The van der Waals surface area contributed by atoms with Gasteiger partial charge in [-0.05, 0) is 33.3 Å². The van der Waals surface area contributed by atoms with Crippen LogP contribution in [-0.4, -0.2) is 18.0 Å². The average Bonchev–Trinajstić information content (AvgIpc) is 2.35. The molecule has 0 aromatic heterocycles. The van der Waals surface area contributed by atoms with Crippen molar-refractivity contribution in [1.82, 2.24) is 4.90 Å². The first-order valence-electron chi connectivity index (χ1n) is 6.51. The molecule has 0 aliphatic rings. The maximum absolute atomic E-state index is 3.86. The lowest BCUT2D eigenvalue weighted by atomic mass is 10.2. The van der Waals surface area contributed by atoms with Crippen LogP contribution in [0.3, 0.4) is 0 Å². The summed E-state index contributed by atoms with van der Waals surface area (Å²) in [5.41, 5.74) is 2.33. The standard InChI is InChI=1S/C14H23N.C2H6/c1-6-9-12-15(8-3)14(7-2)11-10-13(4)5;1-2/h6-7,10-11H,1,4,8-9,12H2,2-3,5H3;1-2H3/b11-10-,14-7+;. The summed E-state index contributed by atoms with van der Waals surface area (Å²) in [6.07, 6.45) is 9.28. The van der Waals surface area contributed by atoms with Gasteiger partial charge in [0.2, 0.25) is 0 Å². The first-order valence-corrected chi connectivity index (χ1v) is 6.51. The summed E-state index contributed by atoms with van der Waals surface area (Å²) in [5, 5.41) is 0. The highest BCUT2D eigenvalue weighted by molar-refractivity contribution is 5.24. The summed E-state index contributed by atoms with van der Waals surface area (Å²) in [6, 6.07) is 0. The van der Waals surface area contributed by atoms with Gasteiger partial charge in [-0.1, -0.05) is 44.2 Å². The fraction of sp³-hybridized carbons (Fsp3) is 0.500. The van der Waals surface area contributed by atoms with Gasteiger partial charge in [0.15, 0.2) is 0 Å². The molecule has 0 amide bonds. The maximum atomic E-state index is 3.86. The molecule has 0 heterocycles. The average molecular weight is 235 g/mol. The largest absolute Gasteiger partial charge is 0.372 e. The van der Waals surface area contributed by atoms with Crippen LogP contribution in [0.1, 0.15) is 41.0 Å². The molecule has 0 radical (unpaired) electrons. The van der Waals surface area contributed by atoms with Crippen molar-refractivity contribution in [2.24, 2.45) is 0 Å². The van der Waals surface area contributed by atoms with Gasteiger partial charge in [-0.3, -0.25) is 0 Å². The molecule has 0 aromatic carbocycles. The molecule has 1 nitrogen and oxygen atoms in total. The van der Waals surface area contributed by atoms with Crippen molar-refractivity contribution < 1.29 is 0 Å². The highest BCUT2D eigenvalue weighted by atomic mass is 15.1. The second-order valence-corrected chi connectivity index (χ2v) is 3.55. The predicted molar refractivity (Wildman–Crippen MR) is 81.1 cm³/mol. The number of nitrogens with zero attached hydrogens (tertiary/aromatic N) is 1. The van der Waals surface area contributed by atoms with Crippen LogP contribution in [-0.2, 0) is 0 Å². The lowest BCUT2D eigenvalue weighted by Gasteiger charge is -2.23. The number of rotatable bonds is 7. The summed E-state index contributed by atoms with van der Waals surface area (Å²) in [4.78, 5) is 2.33. The van der Waals surface area contributed by atoms with Gasteiger partial charge in [0.25, 0.3) is 0 Å². The van der Waals surface area contributed by atoms with Gasteiger partial charge in [-0.25, -0.2) is 0 Å². The van der Waals surface area contributed by atoms with Crippen LogP contribution >= 0.6 is 0 Å². The molecule has 1 heteroatoms. The van der Waals surface area contributed by atoms with Crippen molar-refractivity contribution in [2.75, 3.05) is 13.1 Å². The Hall–Kier alpha value is -1.24. The van der Waals surface area contributed by atoms with E-state index in [1.54, 1.807) is 0 Å². The van der Waals surface area contributed by atoms with Crippen LogP contribution in [0.2, 0.25) is 0 Å². The Morgan fingerprint density at radius 3 is 2.18 bits per heavy atom. The van der Waals surface area contributed by atoms with Crippen molar-refractivity contribution in [3.8, 4) is 0 Å². The SMILES string of the molecule is C=CCCN(CC)C(/C=C\C(=C)C)=C/C.CC. The van der Waals surface area contributed by atoms with Crippen LogP contribution in [0.4, 0.5) is 0 Å². The topological polar surface area (TPSA) is 3.24 Å². The maximum Gasteiger partial charge on any atom is 0.0322 e. The molecule has 0 unspecified atom stereocenters. The molecular weight excluding hydrogens is 206 g/mol. The minimum Gasteiger partial charge on any atom is -0.372 e. The first-order chi connectivity index (χ1) is 8.15. The first kappa shape index (κ1) is 18.1. The lowest BCUT2D eigenvalue weighted by Crippen LogP contribution is -2.22. The third kappa shape index (κ3) is 9.68. The molecule has 0 rings (SSSR count). The molecule has 0 fully saturated rings. The second-order valence-electron chi connectivity index (χ2n) is 3.55. The zero-order valence-corrected chi connectivity index (χ0v) is 12.3. The quantitative estimate of drug-likeness (QED) is 0.446. The van der Waals surface area contributed by atoms with Gasteiger partial charge >= 0.3 is 0 Å². The van der Waals surface area contributed by atoms with Crippen LogP contribution in [0.5, 0.6) is 0 Å². The van der Waals surface area contributed by atoms with E-state index < -0.39 is 0 Å². The molecule has 0 bridgehead atoms. The molecule has 0 saturated carbocycles. The van der Waals surface area contributed by atoms with Crippen molar-refractivity contribution in [1.29, 1.82) is 0 Å². The van der Waals surface area contributed by atoms with E-state index in [-0.39, 0.29) is 0 Å². The molecule has 0 saturated heterocycles. The molecule has 0 spiro atoms. The van der Waals surface area contributed by atoms with E-state index in [2.05, 4.69) is 44.1 Å². The Labute approximate surface area is 108 Å². The molecule has 0 N–H and O–H groups in total. The van der Waals surface area contributed by atoms with Gasteiger partial charge in [0.1, 0.15) is 0 Å². The van der Waals surface area contributed by atoms with Crippen molar-refractivity contribution in [2.45, 2.75) is 41.0 Å². The van der Waals surface area contributed by atoms with Gasteiger partial charge < -0.3 is 4.90 Å². The highest BCUT2D eigenvalue weighted by Crippen LogP contribution is 2.08. The van der Waals surface area contributed by atoms with Crippen LogP contribution in [0, 0.1) is 0 Å². The molecule has 0 aromatic rings. The second kappa shape index (κ2) is 12.8. The zero-order valence-electron chi connectivity index (χ0n) is 12.3. The predicted octanol–water partition coefficient (Wildman–Crippen LogP) is 4.95. The third-order valence-electron chi connectivity index (χ3n) is 2.18. The summed E-state index contributed by atoms with van der Waals surface area (Å²) < 4.78 is 0. The molecule has 98 valence electrons. The Balaban J connectivity index is 0. The smallest absolute Gasteiger partial charge is 0.0322 e. The highest BCUT2D eigenvalue weighted by Gasteiger charge is 2.01. The van der Waals surface area contributed by atoms with Crippen molar-refractivity contribution in [3.05, 3.63) is 48.7 Å². The molecule has 0 aliphatic carbocycles. The van der Waals surface area contributed by atoms with E-state index in [9.17, 15) is 0 Å². The Kier molecular flexibility index (Phi) is 13.7. The van der Waals surface area contributed by atoms with E-state index in [4.69, 9.17) is 0 Å². The number of hydrogen-bond acceptors (Lipinski definition) is 1. The lowest BCUT2D eigenvalue weighted by molar-refractivity contribution is 0.380. The van der Waals surface area contributed by atoms with Crippen molar-refractivity contribution >= 4 is 0 Å². The molecule has 0 aliphatic heterocycles. The number of likely N-dealkylation sites (N-methyl/N-ethyl adjacent to an activating group) is 1. The molecular formula is C16H29N. The summed E-state index contributed by atoms with van der Waals surface area (Å²) in [6.45, 7) is 19.9. The Morgan fingerprint density at radius 2 is 1.82 bits per heavy atom. The minimum atomic E-state index is 1.02. The van der Waals surface area contributed by atoms with E-state index in [1.807, 2.05) is 32.9 Å². The summed E-state index contributed by atoms with van der Waals surface area (Å²) in [5.74, 6) is 0. The Morgan fingerprint density at radius 1 is 1.24 bits per heavy atom.